The van der Waals surface area contributed by atoms with Crippen molar-refractivity contribution in [2.24, 2.45) is 5.41 Å². The van der Waals surface area contributed by atoms with E-state index < -0.39 is 0 Å². The average molecular weight is 145 g/mol. The summed E-state index contributed by atoms with van der Waals surface area (Å²) in [6.07, 6.45) is 1.16. The SMILES string of the molecule is CNCCC(C)(C)COC. The van der Waals surface area contributed by atoms with E-state index >= 15 is 0 Å². The summed E-state index contributed by atoms with van der Waals surface area (Å²) < 4.78 is 5.08. The Hall–Kier alpha value is -0.0800. The van der Waals surface area contributed by atoms with Gasteiger partial charge in [0.1, 0.15) is 0 Å². The maximum absolute atomic E-state index is 5.08. The second-order valence-corrected chi connectivity index (χ2v) is 3.45. The van der Waals surface area contributed by atoms with E-state index in [2.05, 4.69) is 19.2 Å². The van der Waals surface area contributed by atoms with Gasteiger partial charge in [-0.05, 0) is 25.4 Å². The van der Waals surface area contributed by atoms with Gasteiger partial charge in [0.15, 0.2) is 0 Å². The third-order valence-corrected chi connectivity index (χ3v) is 1.59. The molecule has 2 heteroatoms. The highest BCUT2D eigenvalue weighted by Crippen LogP contribution is 2.18. The van der Waals surface area contributed by atoms with Crippen LogP contribution in [0.1, 0.15) is 20.3 Å². The van der Waals surface area contributed by atoms with Crippen LogP contribution in [-0.2, 0) is 4.74 Å². The van der Waals surface area contributed by atoms with Gasteiger partial charge in [0.25, 0.3) is 0 Å². The summed E-state index contributed by atoms with van der Waals surface area (Å²) in [5, 5.41) is 3.13. The average Bonchev–Trinajstić information content (AvgIpc) is 1.84. The Bertz CT molecular complexity index is 81.3. The first-order chi connectivity index (χ1) is 4.62. The van der Waals surface area contributed by atoms with Gasteiger partial charge in [0.2, 0.25) is 0 Å². The molecule has 0 aliphatic carbocycles. The zero-order valence-corrected chi connectivity index (χ0v) is 7.53. The fourth-order valence-corrected chi connectivity index (χ4v) is 0.926. The van der Waals surface area contributed by atoms with Crippen molar-refractivity contribution in [3.8, 4) is 0 Å². The van der Waals surface area contributed by atoms with Crippen LogP contribution in [0.3, 0.4) is 0 Å². The van der Waals surface area contributed by atoms with E-state index in [0.29, 0.717) is 5.41 Å². The molecule has 0 bridgehead atoms. The van der Waals surface area contributed by atoms with Gasteiger partial charge in [-0.1, -0.05) is 13.8 Å². The number of ether oxygens (including phenoxy) is 1. The number of hydrogen-bond acceptors (Lipinski definition) is 2. The fourth-order valence-electron chi connectivity index (χ4n) is 0.926. The maximum Gasteiger partial charge on any atom is 0.0513 e. The summed E-state index contributed by atoms with van der Waals surface area (Å²) in [6, 6.07) is 0. The van der Waals surface area contributed by atoms with Crippen molar-refractivity contribution in [2.45, 2.75) is 20.3 Å². The van der Waals surface area contributed by atoms with E-state index in [1.165, 1.54) is 0 Å². The Morgan fingerprint density at radius 3 is 2.40 bits per heavy atom. The molecular weight excluding hydrogens is 126 g/mol. The molecule has 0 amide bonds. The van der Waals surface area contributed by atoms with Crippen molar-refractivity contribution < 1.29 is 4.74 Å². The molecule has 62 valence electrons. The van der Waals surface area contributed by atoms with Gasteiger partial charge in [0, 0.05) is 7.11 Å². The second kappa shape index (κ2) is 4.69. The van der Waals surface area contributed by atoms with E-state index in [-0.39, 0.29) is 0 Å². The van der Waals surface area contributed by atoms with Gasteiger partial charge in [-0.25, -0.2) is 0 Å². The zero-order chi connectivity index (χ0) is 8.04. The lowest BCUT2D eigenvalue weighted by Crippen LogP contribution is -2.23. The van der Waals surface area contributed by atoms with Crippen molar-refractivity contribution >= 4 is 0 Å². The molecule has 0 fully saturated rings. The molecule has 0 aromatic carbocycles. The lowest BCUT2D eigenvalue weighted by atomic mass is 9.90. The van der Waals surface area contributed by atoms with Crippen LogP contribution in [0.2, 0.25) is 0 Å². The Labute approximate surface area is 64.0 Å². The molecule has 0 aromatic heterocycles. The molecule has 0 aliphatic rings. The Balaban J connectivity index is 3.42. The summed E-state index contributed by atoms with van der Waals surface area (Å²) in [7, 11) is 3.73. The number of methoxy groups -OCH3 is 1. The highest BCUT2D eigenvalue weighted by atomic mass is 16.5. The van der Waals surface area contributed by atoms with Crippen LogP contribution in [0.25, 0.3) is 0 Å². The summed E-state index contributed by atoms with van der Waals surface area (Å²) in [5.74, 6) is 0. The molecule has 1 N–H and O–H groups in total. The van der Waals surface area contributed by atoms with Crippen molar-refractivity contribution in [3.63, 3.8) is 0 Å². The van der Waals surface area contributed by atoms with Crippen LogP contribution in [0.4, 0.5) is 0 Å². The van der Waals surface area contributed by atoms with Crippen LogP contribution < -0.4 is 5.32 Å². The van der Waals surface area contributed by atoms with Gasteiger partial charge in [-0.3, -0.25) is 0 Å². The van der Waals surface area contributed by atoms with Gasteiger partial charge in [0.05, 0.1) is 6.61 Å². The number of rotatable bonds is 5. The Kier molecular flexibility index (Phi) is 4.65. The molecular formula is C8H19NO. The predicted molar refractivity (Wildman–Crippen MR) is 44.2 cm³/mol. The highest BCUT2D eigenvalue weighted by molar-refractivity contribution is 4.67. The van der Waals surface area contributed by atoms with E-state index in [4.69, 9.17) is 4.74 Å². The second-order valence-electron chi connectivity index (χ2n) is 3.45. The topological polar surface area (TPSA) is 21.3 Å². The van der Waals surface area contributed by atoms with Crippen molar-refractivity contribution in [1.29, 1.82) is 0 Å². The molecule has 0 aliphatic heterocycles. The van der Waals surface area contributed by atoms with Crippen LogP contribution in [0.5, 0.6) is 0 Å². The van der Waals surface area contributed by atoms with Gasteiger partial charge in [-0.15, -0.1) is 0 Å². The minimum absolute atomic E-state index is 0.317. The molecule has 0 aromatic rings. The normalized spacial score (nSPS) is 12.0. The molecule has 0 heterocycles. The van der Waals surface area contributed by atoms with Crippen LogP contribution in [0.15, 0.2) is 0 Å². The van der Waals surface area contributed by atoms with Gasteiger partial charge >= 0.3 is 0 Å². The molecule has 0 saturated carbocycles. The van der Waals surface area contributed by atoms with Crippen molar-refractivity contribution in [2.75, 3.05) is 27.3 Å². The minimum atomic E-state index is 0.317. The standard InChI is InChI=1S/C8H19NO/c1-8(2,7-10-4)5-6-9-3/h9H,5-7H2,1-4H3. The predicted octanol–water partition coefficient (Wildman–Crippen LogP) is 1.27. The third-order valence-electron chi connectivity index (χ3n) is 1.59. The van der Waals surface area contributed by atoms with E-state index in [0.717, 1.165) is 19.6 Å². The summed E-state index contributed by atoms with van der Waals surface area (Å²) >= 11 is 0. The highest BCUT2D eigenvalue weighted by Gasteiger charge is 2.15. The zero-order valence-electron chi connectivity index (χ0n) is 7.53. The minimum Gasteiger partial charge on any atom is -0.384 e. The number of hydrogen-bond donors (Lipinski definition) is 1. The van der Waals surface area contributed by atoms with E-state index in [9.17, 15) is 0 Å². The maximum atomic E-state index is 5.08. The first-order valence-corrected chi connectivity index (χ1v) is 3.76. The summed E-state index contributed by atoms with van der Waals surface area (Å²) in [6.45, 7) is 6.34. The Morgan fingerprint density at radius 2 is 2.00 bits per heavy atom. The van der Waals surface area contributed by atoms with Gasteiger partial charge in [-0.2, -0.15) is 0 Å². The quantitative estimate of drug-likeness (QED) is 0.629. The third kappa shape index (κ3) is 4.77. The van der Waals surface area contributed by atoms with Gasteiger partial charge < -0.3 is 10.1 Å². The first kappa shape index (κ1) is 9.92. The molecule has 10 heavy (non-hydrogen) atoms. The molecule has 0 spiro atoms. The monoisotopic (exact) mass is 145 g/mol. The van der Waals surface area contributed by atoms with Crippen molar-refractivity contribution in [1.82, 2.24) is 5.32 Å². The lowest BCUT2D eigenvalue weighted by Gasteiger charge is -2.22. The molecule has 0 rings (SSSR count). The Morgan fingerprint density at radius 1 is 1.40 bits per heavy atom. The summed E-state index contributed by atoms with van der Waals surface area (Å²) in [4.78, 5) is 0. The van der Waals surface area contributed by atoms with Crippen LogP contribution in [-0.4, -0.2) is 27.3 Å². The van der Waals surface area contributed by atoms with Crippen LogP contribution in [0, 0.1) is 5.41 Å². The van der Waals surface area contributed by atoms with Crippen molar-refractivity contribution in [3.05, 3.63) is 0 Å². The molecule has 0 saturated heterocycles. The molecule has 0 radical (unpaired) electrons. The largest absolute Gasteiger partial charge is 0.384 e. The van der Waals surface area contributed by atoms with E-state index in [1.54, 1.807) is 7.11 Å². The smallest absolute Gasteiger partial charge is 0.0513 e. The number of nitrogens with one attached hydrogen (secondary N) is 1. The fraction of sp³-hybridized carbons (Fsp3) is 1.00. The first-order valence-electron chi connectivity index (χ1n) is 3.76. The van der Waals surface area contributed by atoms with E-state index in [1.807, 2.05) is 7.05 Å². The van der Waals surface area contributed by atoms with Crippen LogP contribution >= 0.6 is 0 Å². The lowest BCUT2D eigenvalue weighted by molar-refractivity contribution is 0.0987. The molecule has 2 nitrogen and oxygen atoms in total. The molecule has 0 unspecified atom stereocenters. The summed E-state index contributed by atoms with van der Waals surface area (Å²) in [5.41, 5.74) is 0.317. The molecule has 0 atom stereocenters.